The van der Waals surface area contributed by atoms with Crippen molar-refractivity contribution in [3.63, 3.8) is 0 Å². The Kier molecular flexibility index (Phi) is 4.33. The summed E-state index contributed by atoms with van der Waals surface area (Å²) in [6.45, 7) is 4.23. The topological polar surface area (TPSA) is 18.5 Å². The maximum atomic E-state index is 5.54. The molecule has 1 aliphatic rings. The lowest BCUT2D eigenvalue weighted by Gasteiger charge is -2.28. The van der Waals surface area contributed by atoms with Crippen LogP contribution < -0.4 is 0 Å². The average Bonchev–Trinajstić information content (AvgIpc) is 2.15. The van der Waals surface area contributed by atoms with Crippen LogP contribution in [0.15, 0.2) is 12.7 Å². The Morgan fingerprint density at radius 1 is 1.42 bits per heavy atom. The van der Waals surface area contributed by atoms with Gasteiger partial charge < -0.3 is 9.47 Å². The largest absolute Gasteiger partial charge is 0.359 e. The van der Waals surface area contributed by atoms with Gasteiger partial charge in [0.15, 0.2) is 0 Å². The molecule has 1 fully saturated rings. The van der Waals surface area contributed by atoms with Gasteiger partial charge in [0.2, 0.25) is 0 Å². The molecule has 2 atom stereocenters. The summed E-state index contributed by atoms with van der Waals surface area (Å²) in [5.74, 6) is 0.536. The minimum absolute atomic E-state index is 0.344. The molecule has 0 aromatic carbocycles. The van der Waals surface area contributed by atoms with E-state index >= 15 is 0 Å². The highest BCUT2D eigenvalue weighted by Crippen LogP contribution is 2.27. The van der Waals surface area contributed by atoms with E-state index in [0.717, 1.165) is 6.42 Å². The van der Waals surface area contributed by atoms with Crippen LogP contribution in [-0.4, -0.2) is 20.0 Å². The molecule has 2 heteroatoms. The summed E-state index contributed by atoms with van der Waals surface area (Å²) in [7, 11) is 1.66. The molecule has 0 unspecified atom stereocenters. The van der Waals surface area contributed by atoms with Crippen molar-refractivity contribution in [1.29, 1.82) is 0 Å². The molecule has 0 saturated heterocycles. The maximum Gasteiger partial charge on any atom is 0.146 e. The van der Waals surface area contributed by atoms with Gasteiger partial charge in [-0.1, -0.05) is 18.9 Å². The first kappa shape index (κ1) is 9.75. The molecule has 0 aliphatic heterocycles. The number of ether oxygens (including phenoxy) is 2. The predicted octanol–water partition coefficient (Wildman–Crippen LogP) is 2.35. The molecule has 0 amide bonds. The SMILES string of the molecule is C=C[C@@H]1CCCC[C@@H]1OCOC. The van der Waals surface area contributed by atoms with Gasteiger partial charge in [-0.15, -0.1) is 6.58 Å². The van der Waals surface area contributed by atoms with Crippen molar-refractivity contribution >= 4 is 0 Å². The number of hydrogen-bond donors (Lipinski definition) is 0. The first-order chi connectivity index (χ1) is 5.88. The molecule has 0 aromatic heterocycles. The van der Waals surface area contributed by atoms with Gasteiger partial charge in [-0.25, -0.2) is 0 Å². The van der Waals surface area contributed by atoms with Gasteiger partial charge in [-0.05, 0) is 12.8 Å². The van der Waals surface area contributed by atoms with E-state index < -0.39 is 0 Å². The Morgan fingerprint density at radius 3 is 2.83 bits per heavy atom. The molecule has 0 N–H and O–H groups in total. The molecular weight excluding hydrogens is 152 g/mol. The fraction of sp³-hybridized carbons (Fsp3) is 0.800. The lowest BCUT2D eigenvalue weighted by molar-refractivity contribution is -0.0945. The van der Waals surface area contributed by atoms with Crippen LogP contribution in [0.2, 0.25) is 0 Å². The van der Waals surface area contributed by atoms with Crippen LogP contribution in [0.3, 0.4) is 0 Å². The van der Waals surface area contributed by atoms with Gasteiger partial charge in [0.05, 0.1) is 6.10 Å². The normalized spacial score (nSPS) is 30.1. The summed E-state index contributed by atoms with van der Waals surface area (Å²) >= 11 is 0. The highest BCUT2D eigenvalue weighted by atomic mass is 16.7. The van der Waals surface area contributed by atoms with Crippen LogP contribution in [0.25, 0.3) is 0 Å². The zero-order valence-electron chi connectivity index (χ0n) is 7.79. The maximum absolute atomic E-state index is 5.54. The van der Waals surface area contributed by atoms with Crippen LogP contribution in [0.5, 0.6) is 0 Å². The van der Waals surface area contributed by atoms with Crippen molar-refractivity contribution in [3.05, 3.63) is 12.7 Å². The number of rotatable bonds is 4. The van der Waals surface area contributed by atoms with Gasteiger partial charge >= 0.3 is 0 Å². The van der Waals surface area contributed by atoms with Crippen molar-refractivity contribution in [2.45, 2.75) is 31.8 Å². The molecule has 12 heavy (non-hydrogen) atoms. The Bertz CT molecular complexity index is 134. The van der Waals surface area contributed by atoms with E-state index in [9.17, 15) is 0 Å². The highest BCUT2D eigenvalue weighted by molar-refractivity contribution is 4.88. The van der Waals surface area contributed by atoms with E-state index in [1.165, 1.54) is 19.3 Å². The fourth-order valence-electron chi connectivity index (χ4n) is 1.76. The molecule has 0 aromatic rings. The second-order valence-electron chi connectivity index (χ2n) is 3.30. The molecule has 0 spiro atoms. The van der Waals surface area contributed by atoms with Crippen LogP contribution >= 0.6 is 0 Å². The molecule has 2 nitrogen and oxygen atoms in total. The second-order valence-corrected chi connectivity index (χ2v) is 3.30. The van der Waals surface area contributed by atoms with Crippen molar-refractivity contribution in [2.24, 2.45) is 5.92 Å². The zero-order chi connectivity index (χ0) is 8.81. The van der Waals surface area contributed by atoms with E-state index in [-0.39, 0.29) is 0 Å². The summed E-state index contributed by atoms with van der Waals surface area (Å²) < 4.78 is 10.4. The molecule has 0 heterocycles. The van der Waals surface area contributed by atoms with Gasteiger partial charge in [0, 0.05) is 13.0 Å². The first-order valence-corrected chi connectivity index (χ1v) is 4.61. The third-order valence-electron chi connectivity index (χ3n) is 2.46. The van der Waals surface area contributed by atoms with Gasteiger partial charge in [-0.2, -0.15) is 0 Å². The smallest absolute Gasteiger partial charge is 0.146 e. The van der Waals surface area contributed by atoms with Gasteiger partial charge in [0.25, 0.3) is 0 Å². The molecule has 1 aliphatic carbocycles. The minimum atomic E-state index is 0.344. The second kappa shape index (κ2) is 5.33. The molecule has 70 valence electrons. The Hall–Kier alpha value is -0.340. The number of methoxy groups -OCH3 is 1. The van der Waals surface area contributed by atoms with Crippen molar-refractivity contribution in [3.8, 4) is 0 Å². The standard InChI is InChI=1S/C10H18O2/c1-3-9-6-4-5-7-10(9)12-8-11-2/h3,9-10H,1,4-8H2,2H3/t9-,10+/m1/s1. The average molecular weight is 170 g/mol. The quantitative estimate of drug-likeness (QED) is 0.476. The van der Waals surface area contributed by atoms with E-state index in [1.54, 1.807) is 7.11 Å². The molecule has 1 saturated carbocycles. The summed E-state index contributed by atoms with van der Waals surface area (Å²) in [6.07, 6.45) is 7.32. The molecule has 1 rings (SSSR count). The molecule has 0 bridgehead atoms. The third-order valence-corrected chi connectivity index (χ3v) is 2.46. The monoisotopic (exact) mass is 170 g/mol. The van der Waals surface area contributed by atoms with Crippen molar-refractivity contribution in [2.75, 3.05) is 13.9 Å². The van der Waals surface area contributed by atoms with Gasteiger partial charge in [-0.3, -0.25) is 0 Å². The summed E-state index contributed by atoms with van der Waals surface area (Å²) in [5, 5.41) is 0. The van der Waals surface area contributed by atoms with Crippen molar-refractivity contribution < 1.29 is 9.47 Å². The lowest BCUT2D eigenvalue weighted by atomic mass is 9.86. The van der Waals surface area contributed by atoms with Crippen LogP contribution in [0.4, 0.5) is 0 Å². The summed E-state index contributed by atoms with van der Waals surface area (Å²) in [4.78, 5) is 0. The fourth-order valence-corrected chi connectivity index (χ4v) is 1.76. The van der Waals surface area contributed by atoms with Crippen LogP contribution in [0.1, 0.15) is 25.7 Å². The van der Waals surface area contributed by atoms with E-state index in [0.29, 0.717) is 18.8 Å². The Morgan fingerprint density at radius 2 is 2.17 bits per heavy atom. The molecule has 0 radical (unpaired) electrons. The third kappa shape index (κ3) is 2.61. The predicted molar refractivity (Wildman–Crippen MR) is 48.9 cm³/mol. The highest BCUT2D eigenvalue weighted by Gasteiger charge is 2.22. The van der Waals surface area contributed by atoms with Gasteiger partial charge in [0.1, 0.15) is 6.79 Å². The van der Waals surface area contributed by atoms with E-state index in [1.807, 2.05) is 6.08 Å². The minimum Gasteiger partial charge on any atom is -0.359 e. The lowest BCUT2D eigenvalue weighted by Crippen LogP contribution is -2.26. The zero-order valence-corrected chi connectivity index (χ0v) is 7.79. The Labute approximate surface area is 74.6 Å². The van der Waals surface area contributed by atoms with Crippen LogP contribution in [0, 0.1) is 5.92 Å². The van der Waals surface area contributed by atoms with E-state index in [4.69, 9.17) is 9.47 Å². The number of hydrogen-bond acceptors (Lipinski definition) is 2. The van der Waals surface area contributed by atoms with Crippen molar-refractivity contribution in [1.82, 2.24) is 0 Å². The van der Waals surface area contributed by atoms with E-state index in [2.05, 4.69) is 6.58 Å². The van der Waals surface area contributed by atoms with Crippen LogP contribution in [-0.2, 0) is 9.47 Å². The first-order valence-electron chi connectivity index (χ1n) is 4.61. The summed E-state index contributed by atoms with van der Waals surface area (Å²) in [6, 6.07) is 0. The Balaban J connectivity index is 2.31. The molecular formula is C10H18O2. The summed E-state index contributed by atoms with van der Waals surface area (Å²) in [5.41, 5.74) is 0.